The van der Waals surface area contributed by atoms with Gasteiger partial charge in [-0.15, -0.1) is 0 Å². The minimum atomic E-state index is -0.417. The van der Waals surface area contributed by atoms with E-state index in [0.29, 0.717) is 6.42 Å². The largest absolute Gasteiger partial charge is 0.380 e. The molecule has 0 bridgehead atoms. The lowest BCUT2D eigenvalue weighted by Crippen LogP contribution is -2.45. The summed E-state index contributed by atoms with van der Waals surface area (Å²) in [6.45, 7) is 1.90. The molecular weight excluding hydrogens is 231 g/mol. The zero-order valence-corrected chi connectivity index (χ0v) is 10.1. The van der Waals surface area contributed by atoms with Crippen LogP contribution in [0.15, 0.2) is 18.2 Å². The van der Waals surface area contributed by atoms with Gasteiger partial charge in [0.2, 0.25) is 0 Å². The highest BCUT2D eigenvalue weighted by Crippen LogP contribution is 2.17. The highest BCUT2D eigenvalue weighted by molar-refractivity contribution is 6.30. The van der Waals surface area contributed by atoms with Crippen molar-refractivity contribution in [3.05, 3.63) is 34.6 Å². The van der Waals surface area contributed by atoms with Crippen LogP contribution < -0.4 is 11.3 Å². The maximum absolute atomic E-state index is 13.2. The molecule has 1 aromatic rings. The Morgan fingerprint density at radius 2 is 2.25 bits per heavy atom. The molecule has 0 saturated heterocycles. The highest BCUT2D eigenvalue weighted by atomic mass is 35.5. The third-order valence-electron chi connectivity index (χ3n) is 2.59. The molecule has 0 aromatic heterocycles. The van der Waals surface area contributed by atoms with Crippen LogP contribution in [0.4, 0.5) is 4.39 Å². The minimum Gasteiger partial charge on any atom is -0.380 e. The molecule has 0 heterocycles. The Morgan fingerprint density at radius 1 is 1.56 bits per heavy atom. The van der Waals surface area contributed by atoms with Gasteiger partial charge < -0.3 is 4.74 Å². The number of hydrogen-bond acceptors (Lipinski definition) is 3. The van der Waals surface area contributed by atoms with Crippen LogP contribution in [0.5, 0.6) is 0 Å². The highest BCUT2D eigenvalue weighted by Gasteiger charge is 2.16. The van der Waals surface area contributed by atoms with E-state index in [0.717, 1.165) is 5.56 Å². The number of rotatable bonds is 5. The van der Waals surface area contributed by atoms with Crippen LogP contribution in [-0.2, 0) is 11.2 Å². The molecule has 3 N–H and O–H groups in total. The Labute approximate surface area is 99.7 Å². The molecule has 2 unspecified atom stereocenters. The van der Waals surface area contributed by atoms with E-state index in [4.69, 9.17) is 22.2 Å². The predicted molar refractivity (Wildman–Crippen MR) is 62.7 cm³/mol. The van der Waals surface area contributed by atoms with Crippen molar-refractivity contribution in [1.29, 1.82) is 0 Å². The zero-order chi connectivity index (χ0) is 12.1. The van der Waals surface area contributed by atoms with Crippen molar-refractivity contribution in [3.8, 4) is 0 Å². The van der Waals surface area contributed by atoms with Gasteiger partial charge in [0.15, 0.2) is 0 Å². The molecule has 2 atom stereocenters. The van der Waals surface area contributed by atoms with Crippen molar-refractivity contribution in [2.24, 2.45) is 5.84 Å². The van der Waals surface area contributed by atoms with Crippen LogP contribution >= 0.6 is 11.6 Å². The number of nitrogens with two attached hydrogens (primary N) is 1. The van der Waals surface area contributed by atoms with Gasteiger partial charge in [-0.05, 0) is 31.0 Å². The Kier molecular flexibility index (Phi) is 5.15. The second-order valence-corrected chi connectivity index (χ2v) is 4.07. The molecule has 16 heavy (non-hydrogen) atoms. The number of halogens is 2. The van der Waals surface area contributed by atoms with Crippen LogP contribution in [0, 0.1) is 5.82 Å². The lowest BCUT2D eigenvalue weighted by molar-refractivity contribution is 0.0831. The second-order valence-electron chi connectivity index (χ2n) is 3.67. The summed E-state index contributed by atoms with van der Waals surface area (Å²) in [6, 6.07) is 4.66. The van der Waals surface area contributed by atoms with Crippen molar-refractivity contribution in [2.45, 2.75) is 25.5 Å². The first-order valence-electron chi connectivity index (χ1n) is 5.01. The van der Waals surface area contributed by atoms with Gasteiger partial charge in [0.1, 0.15) is 5.82 Å². The molecule has 3 nitrogen and oxygen atoms in total. The number of hydrazine groups is 1. The fourth-order valence-electron chi connectivity index (χ4n) is 1.45. The average molecular weight is 247 g/mol. The maximum Gasteiger partial charge on any atom is 0.142 e. The van der Waals surface area contributed by atoms with Crippen molar-refractivity contribution >= 4 is 11.6 Å². The molecule has 0 aliphatic heterocycles. The van der Waals surface area contributed by atoms with Crippen LogP contribution in [0.1, 0.15) is 12.5 Å². The first-order valence-corrected chi connectivity index (χ1v) is 5.39. The molecule has 0 aliphatic rings. The smallest absolute Gasteiger partial charge is 0.142 e. The molecular formula is C11H16ClFN2O. The molecule has 1 aromatic carbocycles. The van der Waals surface area contributed by atoms with Gasteiger partial charge in [0.25, 0.3) is 0 Å². The lowest BCUT2D eigenvalue weighted by Gasteiger charge is -2.22. The van der Waals surface area contributed by atoms with Crippen LogP contribution in [0.3, 0.4) is 0 Å². The number of hydrogen-bond donors (Lipinski definition) is 2. The van der Waals surface area contributed by atoms with Crippen molar-refractivity contribution in [3.63, 3.8) is 0 Å². The molecule has 1 rings (SSSR count). The SMILES string of the molecule is COC(C)C(Cc1ccc(Cl)c(F)c1)NN. The average Bonchev–Trinajstić information content (AvgIpc) is 2.29. The summed E-state index contributed by atoms with van der Waals surface area (Å²) >= 11 is 5.60. The Bertz CT molecular complexity index is 349. The molecule has 0 aliphatic carbocycles. The summed E-state index contributed by atoms with van der Waals surface area (Å²) in [5.41, 5.74) is 3.48. The number of methoxy groups -OCH3 is 1. The Morgan fingerprint density at radius 3 is 2.75 bits per heavy atom. The fourth-order valence-corrected chi connectivity index (χ4v) is 1.56. The standard InChI is InChI=1S/C11H16ClFN2O/c1-7(16-2)11(15-14)6-8-3-4-9(12)10(13)5-8/h3-5,7,11,15H,6,14H2,1-2H3. The van der Waals surface area contributed by atoms with E-state index in [1.807, 2.05) is 6.92 Å². The van der Waals surface area contributed by atoms with Crippen molar-refractivity contribution in [2.75, 3.05) is 7.11 Å². The van der Waals surface area contributed by atoms with Crippen molar-refractivity contribution in [1.82, 2.24) is 5.43 Å². The van der Waals surface area contributed by atoms with E-state index < -0.39 is 5.82 Å². The summed E-state index contributed by atoms with van der Waals surface area (Å²) in [5, 5.41) is 0.126. The van der Waals surface area contributed by atoms with E-state index in [1.54, 1.807) is 13.2 Å². The maximum atomic E-state index is 13.2. The van der Waals surface area contributed by atoms with E-state index in [-0.39, 0.29) is 17.2 Å². The predicted octanol–water partition coefficient (Wildman–Crippen LogP) is 1.89. The summed E-state index contributed by atoms with van der Waals surface area (Å²) in [7, 11) is 1.61. The van der Waals surface area contributed by atoms with E-state index in [1.165, 1.54) is 12.1 Å². The zero-order valence-electron chi connectivity index (χ0n) is 9.34. The number of nitrogens with one attached hydrogen (secondary N) is 1. The third kappa shape index (κ3) is 3.42. The van der Waals surface area contributed by atoms with Gasteiger partial charge in [-0.1, -0.05) is 17.7 Å². The minimum absolute atomic E-state index is 0.0521. The van der Waals surface area contributed by atoms with Gasteiger partial charge in [-0.3, -0.25) is 11.3 Å². The molecule has 90 valence electrons. The first-order chi connectivity index (χ1) is 7.58. The summed E-state index contributed by atoms with van der Waals surface area (Å²) in [6.07, 6.45) is 0.531. The molecule has 0 amide bonds. The topological polar surface area (TPSA) is 47.3 Å². The summed E-state index contributed by atoms with van der Waals surface area (Å²) < 4.78 is 18.4. The molecule has 5 heteroatoms. The van der Waals surface area contributed by atoms with Crippen molar-refractivity contribution < 1.29 is 9.13 Å². The molecule has 0 saturated carbocycles. The third-order valence-corrected chi connectivity index (χ3v) is 2.90. The first kappa shape index (κ1) is 13.4. The monoisotopic (exact) mass is 246 g/mol. The lowest BCUT2D eigenvalue weighted by atomic mass is 10.0. The molecule has 0 fully saturated rings. The van der Waals surface area contributed by atoms with Gasteiger partial charge in [0, 0.05) is 7.11 Å². The van der Waals surface area contributed by atoms with Crippen LogP contribution in [0.25, 0.3) is 0 Å². The Balaban J connectivity index is 2.74. The molecule has 0 spiro atoms. The second kappa shape index (κ2) is 6.15. The van der Waals surface area contributed by atoms with Gasteiger partial charge in [-0.2, -0.15) is 0 Å². The molecule has 0 radical (unpaired) electrons. The summed E-state index contributed by atoms with van der Waals surface area (Å²) in [5.74, 6) is 5.00. The van der Waals surface area contributed by atoms with Gasteiger partial charge in [-0.25, -0.2) is 4.39 Å². The normalized spacial score (nSPS) is 14.8. The Hall–Kier alpha value is -0.680. The van der Waals surface area contributed by atoms with E-state index in [2.05, 4.69) is 5.43 Å². The van der Waals surface area contributed by atoms with Crippen LogP contribution in [0.2, 0.25) is 5.02 Å². The van der Waals surface area contributed by atoms with Gasteiger partial charge >= 0.3 is 0 Å². The summed E-state index contributed by atoms with van der Waals surface area (Å²) in [4.78, 5) is 0. The number of ether oxygens (including phenoxy) is 1. The van der Waals surface area contributed by atoms with Gasteiger partial charge in [0.05, 0.1) is 17.2 Å². The quantitative estimate of drug-likeness (QED) is 0.616. The van der Waals surface area contributed by atoms with Crippen LogP contribution in [-0.4, -0.2) is 19.3 Å². The van der Waals surface area contributed by atoms with E-state index in [9.17, 15) is 4.39 Å². The van der Waals surface area contributed by atoms with E-state index >= 15 is 0 Å². The number of benzene rings is 1. The fraction of sp³-hybridized carbons (Fsp3) is 0.455.